The van der Waals surface area contributed by atoms with Crippen LogP contribution in [0.4, 0.5) is 45.5 Å². The molecule has 4 nitrogen and oxygen atoms in total. The normalized spacial score (nSPS) is 14.3. The first-order valence-electron chi connectivity index (χ1n) is 31.2. The van der Waals surface area contributed by atoms with Gasteiger partial charge in [0.05, 0.1) is 5.69 Å². The van der Waals surface area contributed by atoms with Crippen LogP contribution in [-0.2, 0) is 27.1 Å². The number of rotatable bonds is 6. The van der Waals surface area contributed by atoms with Crippen LogP contribution >= 0.6 is 11.3 Å². The molecule has 0 unspecified atom stereocenters. The number of anilines is 8. The largest absolute Gasteiger partial charge is 0.455 e. The number of hydrogen-bond donors (Lipinski definition) is 0. The van der Waals surface area contributed by atoms with Crippen molar-refractivity contribution in [3.8, 4) is 33.4 Å². The van der Waals surface area contributed by atoms with Crippen molar-refractivity contribution in [1.29, 1.82) is 0 Å². The molecule has 12 aromatic rings. The summed E-state index contributed by atoms with van der Waals surface area (Å²) in [4.78, 5) is 7.78. The van der Waals surface area contributed by atoms with Crippen molar-refractivity contribution >= 4 is 107 Å². The topological polar surface area (TPSA) is 22.9 Å². The van der Waals surface area contributed by atoms with Crippen molar-refractivity contribution in [3.63, 3.8) is 0 Å². The van der Waals surface area contributed by atoms with E-state index in [0.29, 0.717) is 0 Å². The molecule has 15 rings (SSSR count). The number of furan rings is 1. The first-order valence-corrected chi connectivity index (χ1v) is 32.0. The maximum absolute atomic E-state index is 7.37. The Labute approximate surface area is 518 Å². The Kier molecular flexibility index (Phi) is 12.2. The quantitative estimate of drug-likeness (QED) is 0.155. The van der Waals surface area contributed by atoms with E-state index in [2.05, 4.69) is 317 Å². The molecule has 2 aliphatic heterocycles. The minimum absolute atomic E-state index is 0.0243. The number of thiophene rings is 1. The molecule has 87 heavy (non-hydrogen) atoms. The molecule has 1 aliphatic carbocycles. The van der Waals surface area contributed by atoms with E-state index in [0.717, 1.165) is 61.6 Å². The summed E-state index contributed by atoms with van der Waals surface area (Å²) in [6, 6.07) is 77.0. The Bertz CT molecular complexity index is 4690. The van der Waals surface area contributed by atoms with Gasteiger partial charge in [-0.1, -0.05) is 194 Å². The van der Waals surface area contributed by atoms with E-state index in [-0.39, 0.29) is 33.9 Å². The van der Waals surface area contributed by atoms with Gasteiger partial charge in [0.1, 0.15) is 11.2 Å². The van der Waals surface area contributed by atoms with Gasteiger partial charge in [-0.25, -0.2) is 0 Å². The molecule has 2 aromatic heterocycles. The fourth-order valence-electron chi connectivity index (χ4n) is 14.4. The fourth-order valence-corrected chi connectivity index (χ4v) is 15.2. The standard InChI is InChI=1S/C81H76BN3OS/c1-77(2,3)51-24-31-55(32-25-51)83(56-33-26-52(27-34-56)78(4,5)6)58-37-38-59-62-45-64-69(47-66(62)81(13,14)65(59)44-58)85(57-35-28-53(29-36-57)79(7,8)9)82-67-48-73-50(40-41-87-73)42-70(67)84(68-39-30-54(80(10,11)12)43-61(68)49-20-16-15-17-21-49)71-46-63-60-22-18-19-23-72(60)86-76(63)74(64)75(71)82/h15-48H,1-14H3. The van der Waals surface area contributed by atoms with Gasteiger partial charge in [-0.05, 0) is 197 Å². The average molecular weight is 1150 g/mol. The maximum atomic E-state index is 7.37. The molecule has 0 bridgehead atoms. The van der Waals surface area contributed by atoms with Crippen LogP contribution in [0.3, 0.4) is 0 Å². The molecule has 0 N–H and O–H groups in total. The number of benzene rings is 10. The van der Waals surface area contributed by atoms with Crippen LogP contribution in [0.25, 0.3) is 65.4 Å². The summed E-state index contributed by atoms with van der Waals surface area (Å²) < 4.78 is 8.65. The van der Waals surface area contributed by atoms with Crippen molar-refractivity contribution in [2.75, 3.05) is 14.6 Å². The molecule has 0 atom stereocenters. The van der Waals surface area contributed by atoms with Gasteiger partial charge < -0.3 is 19.0 Å². The van der Waals surface area contributed by atoms with Gasteiger partial charge in [0.15, 0.2) is 0 Å². The summed E-state index contributed by atoms with van der Waals surface area (Å²) >= 11 is 1.82. The fraction of sp³-hybridized carbons (Fsp3) is 0.235. The molecule has 0 saturated carbocycles. The Hall–Kier alpha value is -8.58. The SMILES string of the molecule is CC(C)(C)c1ccc(N2B3c4cc5sccc5cc4N(c4ccc(C(C)(C)C)cc4-c4ccccc4)c4cc5c(oc6ccccc65)c(c43)-c3cc4c(cc32)C(C)(C)c2cc(N(c3ccc(C(C)(C)C)cc3)c3ccc(C(C)(C)C)cc3)ccc2-4)cc1. The predicted octanol–water partition coefficient (Wildman–Crippen LogP) is 22.1. The summed E-state index contributed by atoms with van der Waals surface area (Å²) in [6.45, 7) is 32.3. The van der Waals surface area contributed by atoms with Crippen LogP contribution in [0, 0.1) is 0 Å². The van der Waals surface area contributed by atoms with Gasteiger partial charge in [-0.15, -0.1) is 11.3 Å². The van der Waals surface area contributed by atoms with Gasteiger partial charge in [0.25, 0.3) is 0 Å². The molecule has 4 heterocycles. The first-order chi connectivity index (χ1) is 41.4. The lowest BCUT2D eigenvalue weighted by Crippen LogP contribution is -2.61. The number of hydrogen-bond acceptors (Lipinski definition) is 5. The van der Waals surface area contributed by atoms with Crippen LogP contribution in [0.15, 0.2) is 210 Å². The Morgan fingerprint density at radius 3 is 1.68 bits per heavy atom. The third-order valence-electron chi connectivity index (χ3n) is 19.3. The van der Waals surface area contributed by atoms with Gasteiger partial charge in [0.2, 0.25) is 0 Å². The van der Waals surface area contributed by atoms with Gasteiger partial charge >= 0.3 is 6.85 Å². The van der Waals surface area contributed by atoms with Crippen LogP contribution in [0.5, 0.6) is 0 Å². The van der Waals surface area contributed by atoms with Crippen molar-refractivity contribution in [3.05, 3.63) is 239 Å². The molecule has 0 amide bonds. The third kappa shape index (κ3) is 8.75. The summed E-state index contributed by atoms with van der Waals surface area (Å²) in [7, 11) is 0. The second-order valence-corrected chi connectivity index (χ2v) is 30.4. The smallest absolute Gasteiger partial charge is 0.333 e. The third-order valence-corrected chi connectivity index (χ3v) is 20.2. The van der Waals surface area contributed by atoms with Crippen LogP contribution in [-0.4, -0.2) is 6.85 Å². The minimum Gasteiger partial charge on any atom is -0.455 e. The van der Waals surface area contributed by atoms with Gasteiger partial charge in [0, 0.05) is 77.4 Å². The van der Waals surface area contributed by atoms with Gasteiger partial charge in [-0.3, -0.25) is 0 Å². The predicted molar refractivity (Wildman–Crippen MR) is 375 cm³/mol. The molecule has 430 valence electrons. The second-order valence-electron chi connectivity index (χ2n) is 29.5. The Balaban J connectivity index is 1.02. The summed E-state index contributed by atoms with van der Waals surface area (Å²) in [5.74, 6) is 0. The average Bonchev–Trinajstić information content (AvgIpc) is 1.67. The van der Waals surface area contributed by atoms with Crippen LogP contribution < -0.4 is 25.5 Å². The number of para-hydroxylation sites is 1. The summed E-state index contributed by atoms with van der Waals surface area (Å²) in [5, 5.41) is 5.72. The molecule has 3 aliphatic rings. The van der Waals surface area contributed by atoms with E-state index in [9.17, 15) is 0 Å². The first kappa shape index (κ1) is 55.0. The second kappa shape index (κ2) is 19.2. The monoisotopic (exact) mass is 1150 g/mol. The Morgan fingerprint density at radius 1 is 0.448 bits per heavy atom. The zero-order valence-corrected chi connectivity index (χ0v) is 53.7. The summed E-state index contributed by atoms with van der Waals surface area (Å²) in [6.07, 6.45) is 0. The molecule has 0 spiro atoms. The van der Waals surface area contributed by atoms with E-state index < -0.39 is 0 Å². The van der Waals surface area contributed by atoms with Crippen molar-refractivity contribution in [1.82, 2.24) is 0 Å². The lowest BCUT2D eigenvalue weighted by Gasteiger charge is -2.46. The zero-order valence-electron chi connectivity index (χ0n) is 52.9. The number of fused-ring (bicyclic) bond motifs is 12. The van der Waals surface area contributed by atoms with Gasteiger partial charge in [-0.2, -0.15) is 0 Å². The van der Waals surface area contributed by atoms with Crippen molar-refractivity contribution < 1.29 is 4.42 Å². The molecule has 6 heteroatoms. The highest BCUT2D eigenvalue weighted by atomic mass is 32.1. The van der Waals surface area contributed by atoms with E-state index in [1.165, 1.54) is 93.6 Å². The summed E-state index contributed by atoms with van der Waals surface area (Å²) in [5.41, 5.74) is 28.3. The molecular weight excluding hydrogens is 1070 g/mol. The molecule has 0 fully saturated rings. The van der Waals surface area contributed by atoms with E-state index >= 15 is 0 Å². The number of nitrogens with zero attached hydrogens (tertiary/aromatic N) is 3. The molecular formula is C81H76BN3OS. The molecule has 0 saturated heterocycles. The maximum Gasteiger partial charge on any atom is 0.333 e. The highest BCUT2D eigenvalue weighted by Gasteiger charge is 2.49. The lowest BCUT2D eigenvalue weighted by molar-refractivity contribution is 0.590. The lowest BCUT2D eigenvalue weighted by atomic mass is 9.43. The molecule has 0 radical (unpaired) electrons. The highest BCUT2D eigenvalue weighted by molar-refractivity contribution is 7.17. The van der Waals surface area contributed by atoms with E-state index in [4.69, 9.17) is 4.42 Å². The van der Waals surface area contributed by atoms with Crippen molar-refractivity contribution in [2.24, 2.45) is 0 Å². The molecule has 10 aromatic carbocycles. The zero-order chi connectivity index (χ0) is 60.4. The van der Waals surface area contributed by atoms with E-state index in [1.807, 2.05) is 11.3 Å². The highest BCUT2D eigenvalue weighted by Crippen LogP contribution is 2.58. The van der Waals surface area contributed by atoms with E-state index in [1.54, 1.807) is 0 Å². The van der Waals surface area contributed by atoms with Crippen molar-refractivity contribution in [2.45, 2.75) is 124 Å². The van der Waals surface area contributed by atoms with Crippen LogP contribution in [0.1, 0.15) is 130 Å². The van der Waals surface area contributed by atoms with Crippen LogP contribution in [0.2, 0.25) is 0 Å². The minimum atomic E-state index is -0.371. The Morgan fingerprint density at radius 2 is 1.03 bits per heavy atom.